The van der Waals surface area contributed by atoms with Crippen LogP contribution in [-0.4, -0.2) is 51.3 Å². The molecule has 2 aromatic carbocycles. The molecular weight excluding hydrogens is 527 g/mol. The maximum atomic E-state index is 14.2. The minimum Gasteiger partial charge on any atom is -0.473 e. The number of benzene rings is 2. The highest BCUT2D eigenvalue weighted by Gasteiger charge is 2.16. The Balaban J connectivity index is 1.33. The Labute approximate surface area is 235 Å². The summed E-state index contributed by atoms with van der Waals surface area (Å²) in [5, 5.41) is 8.91. The van der Waals surface area contributed by atoms with Gasteiger partial charge in [0.1, 0.15) is 23.9 Å². The Morgan fingerprint density at radius 3 is 2.63 bits per heavy atom. The van der Waals surface area contributed by atoms with Crippen LogP contribution in [0.1, 0.15) is 33.0 Å². The summed E-state index contributed by atoms with van der Waals surface area (Å²) < 4.78 is 32.0. The molecule has 0 bridgehead atoms. The molecule has 0 fully saturated rings. The number of nitrogens with zero attached hydrogens (tertiary/aromatic N) is 6. The first-order valence-electron chi connectivity index (χ1n) is 12.6. The van der Waals surface area contributed by atoms with E-state index in [0.29, 0.717) is 53.7 Å². The number of hydrogen-bond acceptors (Lipinski definition) is 9. The third kappa shape index (κ3) is 6.18. The molecule has 10 nitrogen and oxygen atoms in total. The molecule has 0 saturated carbocycles. The van der Waals surface area contributed by atoms with Crippen LogP contribution < -0.4 is 4.74 Å². The molecule has 5 aromatic rings. The molecule has 0 radical (unpaired) electrons. The summed E-state index contributed by atoms with van der Waals surface area (Å²) in [4.78, 5) is 30.4. The summed E-state index contributed by atoms with van der Waals surface area (Å²) in [5.41, 5.74) is 4.33. The van der Waals surface area contributed by atoms with Crippen molar-refractivity contribution in [1.29, 1.82) is 5.26 Å². The van der Waals surface area contributed by atoms with E-state index in [9.17, 15) is 9.18 Å². The van der Waals surface area contributed by atoms with Gasteiger partial charge in [-0.1, -0.05) is 12.1 Å². The van der Waals surface area contributed by atoms with E-state index >= 15 is 0 Å². The molecule has 0 aliphatic carbocycles. The molecule has 0 spiro atoms. The van der Waals surface area contributed by atoms with Crippen molar-refractivity contribution in [2.24, 2.45) is 0 Å². The fourth-order valence-corrected chi connectivity index (χ4v) is 4.25. The number of aromatic nitrogens is 5. The van der Waals surface area contributed by atoms with Crippen LogP contribution in [0.25, 0.3) is 22.4 Å². The lowest BCUT2D eigenvalue weighted by Crippen LogP contribution is -2.10. The molecule has 0 N–H and O–H groups in total. The van der Waals surface area contributed by atoms with E-state index in [2.05, 4.69) is 15.0 Å². The smallest absolute Gasteiger partial charge is 0.337 e. The second-order valence-electron chi connectivity index (χ2n) is 9.01. The van der Waals surface area contributed by atoms with Gasteiger partial charge in [0.05, 0.1) is 59.5 Å². The molecule has 0 aliphatic heterocycles. The number of halogens is 1. The molecule has 0 unspecified atom stereocenters. The Bertz CT molecular complexity index is 1750. The highest BCUT2D eigenvalue weighted by atomic mass is 19.1. The molecule has 11 heteroatoms. The maximum Gasteiger partial charge on any atom is 0.337 e. The molecule has 5 rings (SSSR count). The van der Waals surface area contributed by atoms with Crippen LogP contribution in [0.3, 0.4) is 0 Å². The van der Waals surface area contributed by atoms with Crippen LogP contribution >= 0.6 is 0 Å². The standard InChI is InChI=1S/C30H25FN6O4/c1-39-11-10-37-27-13-20(30(38)40-2)8-9-25(27)35-28(37)14-22-16-34-26(17-33-22)24-4-3-5-29(36-24)41-18-21-7-6-19(15-32)12-23(21)31/h3-9,12-13,16-17H,10-11,14,18H2,1-2H3. The quantitative estimate of drug-likeness (QED) is 0.230. The second-order valence-corrected chi connectivity index (χ2v) is 9.01. The molecule has 0 amide bonds. The van der Waals surface area contributed by atoms with Crippen molar-refractivity contribution in [2.45, 2.75) is 19.6 Å². The first-order chi connectivity index (χ1) is 20.0. The summed E-state index contributed by atoms with van der Waals surface area (Å²) in [6.07, 6.45) is 3.70. The van der Waals surface area contributed by atoms with Crippen molar-refractivity contribution < 1.29 is 23.4 Å². The van der Waals surface area contributed by atoms with Gasteiger partial charge >= 0.3 is 5.97 Å². The van der Waals surface area contributed by atoms with Gasteiger partial charge in [-0.2, -0.15) is 5.26 Å². The van der Waals surface area contributed by atoms with Crippen molar-refractivity contribution in [3.63, 3.8) is 0 Å². The monoisotopic (exact) mass is 552 g/mol. The SMILES string of the molecule is COCCn1c(Cc2cnc(-c3cccc(OCc4ccc(C#N)cc4F)n3)cn2)nc2ccc(C(=O)OC)cc21. The lowest BCUT2D eigenvalue weighted by atomic mass is 10.1. The van der Waals surface area contributed by atoms with E-state index < -0.39 is 11.8 Å². The number of methoxy groups -OCH3 is 2. The fraction of sp³-hybridized carbons (Fsp3) is 0.200. The van der Waals surface area contributed by atoms with Gasteiger partial charge in [-0.05, 0) is 36.4 Å². The summed E-state index contributed by atoms with van der Waals surface area (Å²) >= 11 is 0. The minimum atomic E-state index is -0.513. The zero-order valence-corrected chi connectivity index (χ0v) is 22.4. The summed E-state index contributed by atoms with van der Waals surface area (Å²) in [6.45, 7) is 0.971. The topological polar surface area (TPSA) is 125 Å². The number of pyridine rings is 1. The molecule has 3 aromatic heterocycles. The molecule has 0 aliphatic rings. The number of nitriles is 1. The first-order valence-corrected chi connectivity index (χ1v) is 12.6. The Morgan fingerprint density at radius 1 is 1.02 bits per heavy atom. The summed E-state index contributed by atoms with van der Waals surface area (Å²) in [7, 11) is 2.97. The van der Waals surface area contributed by atoms with Crippen LogP contribution in [0.2, 0.25) is 0 Å². The molecule has 3 heterocycles. The Hall–Kier alpha value is -5.21. The molecule has 41 heavy (non-hydrogen) atoms. The lowest BCUT2D eigenvalue weighted by molar-refractivity contribution is 0.0601. The van der Waals surface area contributed by atoms with Crippen LogP contribution in [0.15, 0.2) is 67.0 Å². The maximum absolute atomic E-state index is 14.2. The van der Waals surface area contributed by atoms with E-state index in [1.54, 1.807) is 55.9 Å². The molecule has 0 saturated heterocycles. The number of hydrogen-bond donors (Lipinski definition) is 0. The van der Waals surface area contributed by atoms with E-state index in [-0.39, 0.29) is 12.2 Å². The zero-order chi connectivity index (χ0) is 28.8. The van der Waals surface area contributed by atoms with Gasteiger partial charge in [0.25, 0.3) is 0 Å². The van der Waals surface area contributed by atoms with E-state index in [1.165, 1.54) is 25.3 Å². The third-order valence-electron chi connectivity index (χ3n) is 6.36. The molecule has 0 atom stereocenters. The van der Waals surface area contributed by atoms with Gasteiger partial charge in [0.15, 0.2) is 0 Å². The number of carbonyl (C=O) groups is 1. The fourth-order valence-electron chi connectivity index (χ4n) is 4.25. The number of rotatable bonds is 10. The van der Waals surface area contributed by atoms with Crippen molar-refractivity contribution in [2.75, 3.05) is 20.8 Å². The summed E-state index contributed by atoms with van der Waals surface area (Å²) in [6, 6.07) is 16.6. The highest BCUT2D eigenvalue weighted by molar-refractivity contribution is 5.93. The first kappa shape index (κ1) is 27.4. The van der Waals surface area contributed by atoms with Gasteiger partial charge in [0.2, 0.25) is 5.88 Å². The van der Waals surface area contributed by atoms with Crippen molar-refractivity contribution >= 4 is 17.0 Å². The predicted molar refractivity (Wildman–Crippen MR) is 146 cm³/mol. The normalized spacial score (nSPS) is 10.9. The lowest BCUT2D eigenvalue weighted by Gasteiger charge is -2.10. The highest BCUT2D eigenvalue weighted by Crippen LogP contribution is 2.22. The van der Waals surface area contributed by atoms with E-state index in [4.69, 9.17) is 24.5 Å². The largest absolute Gasteiger partial charge is 0.473 e. The van der Waals surface area contributed by atoms with E-state index in [1.807, 2.05) is 10.6 Å². The third-order valence-corrected chi connectivity index (χ3v) is 6.36. The van der Waals surface area contributed by atoms with Crippen molar-refractivity contribution in [3.8, 4) is 23.3 Å². The van der Waals surface area contributed by atoms with Gasteiger partial charge in [-0.25, -0.2) is 19.2 Å². The van der Waals surface area contributed by atoms with E-state index in [0.717, 1.165) is 16.9 Å². The van der Waals surface area contributed by atoms with Crippen LogP contribution in [0.5, 0.6) is 5.88 Å². The zero-order valence-electron chi connectivity index (χ0n) is 22.4. The van der Waals surface area contributed by atoms with Gasteiger partial charge in [-0.15, -0.1) is 0 Å². The number of esters is 1. The van der Waals surface area contributed by atoms with Gasteiger partial charge in [0, 0.05) is 37.9 Å². The minimum absolute atomic E-state index is 0.0379. The van der Waals surface area contributed by atoms with Crippen molar-refractivity contribution in [1.82, 2.24) is 24.5 Å². The number of imidazole rings is 1. The number of ether oxygens (including phenoxy) is 3. The number of fused-ring (bicyclic) bond motifs is 1. The molecule has 206 valence electrons. The average molecular weight is 553 g/mol. The number of carbonyl (C=O) groups excluding carboxylic acids is 1. The van der Waals surface area contributed by atoms with Gasteiger partial charge in [-0.3, -0.25) is 9.97 Å². The average Bonchev–Trinajstić information content (AvgIpc) is 3.35. The molecular formula is C30H25FN6O4. The van der Waals surface area contributed by atoms with Crippen LogP contribution in [-0.2, 0) is 29.0 Å². The Kier molecular flexibility index (Phi) is 8.22. The van der Waals surface area contributed by atoms with Crippen molar-refractivity contribution in [3.05, 3.63) is 101 Å². The summed E-state index contributed by atoms with van der Waals surface area (Å²) in [5.74, 6) is 0.125. The predicted octanol–water partition coefficient (Wildman–Crippen LogP) is 4.50. The van der Waals surface area contributed by atoms with Crippen LogP contribution in [0, 0.1) is 17.1 Å². The van der Waals surface area contributed by atoms with Gasteiger partial charge < -0.3 is 18.8 Å². The second kappa shape index (κ2) is 12.3. The Morgan fingerprint density at radius 2 is 1.90 bits per heavy atom. The van der Waals surface area contributed by atoms with Crippen LogP contribution in [0.4, 0.5) is 4.39 Å².